The maximum absolute atomic E-state index is 11.9. The van der Waals surface area contributed by atoms with Gasteiger partial charge in [-0.05, 0) is 0 Å². The van der Waals surface area contributed by atoms with Crippen molar-refractivity contribution in [2.24, 2.45) is 0 Å². The number of carbonyl (C=O) groups is 2. The van der Waals surface area contributed by atoms with Crippen LogP contribution in [0.5, 0.6) is 0 Å². The largest absolute Gasteiger partial charge is 0.463 e. The summed E-state index contributed by atoms with van der Waals surface area (Å²) in [6, 6.07) is 0. The SMILES string of the molecule is CC(=O)OCC(CO)OOP(C)(=O)OOC(CO)COC(C)=O. The molecule has 2 atom stereocenters. The van der Waals surface area contributed by atoms with Crippen molar-refractivity contribution >= 4 is 19.5 Å². The Labute approximate surface area is 132 Å². The predicted molar refractivity (Wildman–Crippen MR) is 72.9 cm³/mol. The van der Waals surface area contributed by atoms with Crippen molar-refractivity contribution in [3.05, 3.63) is 0 Å². The third kappa shape index (κ3) is 12.1. The quantitative estimate of drug-likeness (QED) is 0.202. The third-order valence-electron chi connectivity index (χ3n) is 1.98. The minimum absolute atomic E-state index is 0.321. The van der Waals surface area contributed by atoms with E-state index in [-0.39, 0.29) is 13.2 Å². The van der Waals surface area contributed by atoms with Gasteiger partial charge in [-0.1, -0.05) is 0 Å². The molecule has 0 spiro atoms. The van der Waals surface area contributed by atoms with Crippen molar-refractivity contribution in [1.29, 1.82) is 0 Å². The van der Waals surface area contributed by atoms with E-state index in [0.717, 1.165) is 20.5 Å². The standard InChI is InChI=1S/C11H21O11P/c1-8(14)17-6-10(4-12)19-21-23(3,16)22-20-11(5-13)7-18-9(2)15/h10-13H,4-7H2,1-3H3. The molecule has 0 aromatic carbocycles. The highest BCUT2D eigenvalue weighted by atomic mass is 31.2. The summed E-state index contributed by atoms with van der Waals surface area (Å²) in [4.78, 5) is 30.5. The zero-order chi connectivity index (χ0) is 17.9. The van der Waals surface area contributed by atoms with E-state index in [2.05, 4.69) is 28.6 Å². The molecular weight excluding hydrogens is 339 g/mol. The Bertz CT molecular complexity index is 379. The van der Waals surface area contributed by atoms with Crippen molar-refractivity contribution < 1.29 is 53.0 Å². The third-order valence-corrected chi connectivity index (χ3v) is 2.69. The van der Waals surface area contributed by atoms with Crippen molar-refractivity contribution in [1.82, 2.24) is 0 Å². The molecule has 0 fully saturated rings. The van der Waals surface area contributed by atoms with Crippen molar-refractivity contribution in [3.8, 4) is 0 Å². The first-order chi connectivity index (χ1) is 10.7. The molecule has 136 valence electrons. The highest BCUT2D eigenvalue weighted by Crippen LogP contribution is 2.44. The first-order valence-electron chi connectivity index (χ1n) is 6.46. The number of carbonyl (C=O) groups excluding carboxylic acids is 2. The molecule has 11 nitrogen and oxygen atoms in total. The van der Waals surface area contributed by atoms with Crippen LogP contribution in [0.3, 0.4) is 0 Å². The Morgan fingerprint density at radius 2 is 1.26 bits per heavy atom. The number of hydrogen-bond acceptors (Lipinski definition) is 11. The fourth-order valence-corrected chi connectivity index (χ4v) is 1.51. The molecule has 0 saturated carbocycles. The normalized spacial score (nSPS) is 16.2. The number of esters is 2. The fraction of sp³-hybridized carbons (Fsp3) is 0.818. The predicted octanol–water partition coefficient (Wildman–Crippen LogP) is -0.446. The first kappa shape index (κ1) is 21.9. The second-order valence-electron chi connectivity index (χ2n) is 4.33. The van der Waals surface area contributed by atoms with Gasteiger partial charge < -0.3 is 19.7 Å². The van der Waals surface area contributed by atoms with Gasteiger partial charge in [-0.15, -0.1) is 9.35 Å². The van der Waals surface area contributed by atoms with E-state index in [0.29, 0.717) is 0 Å². The van der Waals surface area contributed by atoms with E-state index in [9.17, 15) is 14.2 Å². The summed E-state index contributed by atoms with van der Waals surface area (Å²) in [5.41, 5.74) is 0. The lowest BCUT2D eigenvalue weighted by atomic mass is 10.4. The lowest BCUT2D eigenvalue weighted by Gasteiger charge is -2.19. The Morgan fingerprint density at radius 1 is 0.913 bits per heavy atom. The lowest BCUT2D eigenvalue weighted by molar-refractivity contribution is -0.310. The number of aliphatic hydroxyl groups excluding tert-OH is 2. The number of rotatable bonds is 12. The molecule has 23 heavy (non-hydrogen) atoms. The molecule has 0 aromatic heterocycles. The molecule has 0 heterocycles. The number of hydrogen-bond donors (Lipinski definition) is 2. The molecular formula is C11H21O11P. The van der Waals surface area contributed by atoms with Crippen LogP contribution in [0.4, 0.5) is 0 Å². The van der Waals surface area contributed by atoms with Gasteiger partial charge in [0.2, 0.25) is 0 Å². The second-order valence-corrected chi connectivity index (χ2v) is 6.17. The lowest BCUT2D eigenvalue weighted by Crippen LogP contribution is -2.26. The number of ether oxygens (including phenoxy) is 2. The molecule has 0 saturated heterocycles. The van der Waals surface area contributed by atoms with Crippen LogP contribution in [0.2, 0.25) is 0 Å². The van der Waals surface area contributed by atoms with Crippen LogP contribution in [-0.2, 0) is 42.8 Å². The summed E-state index contributed by atoms with van der Waals surface area (Å²) in [5, 5.41) is 17.9. The van der Waals surface area contributed by atoms with Crippen LogP contribution < -0.4 is 0 Å². The monoisotopic (exact) mass is 360 g/mol. The van der Waals surface area contributed by atoms with E-state index in [1.54, 1.807) is 0 Å². The van der Waals surface area contributed by atoms with Crippen LogP contribution in [0, 0.1) is 0 Å². The molecule has 2 N–H and O–H groups in total. The Hall–Kier alpha value is -1.07. The smallest absolute Gasteiger partial charge is 0.381 e. The molecule has 0 radical (unpaired) electrons. The maximum atomic E-state index is 11.9. The zero-order valence-electron chi connectivity index (χ0n) is 13.0. The Balaban J connectivity index is 4.21. The molecule has 0 amide bonds. The summed E-state index contributed by atoms with van der Waals surface area (Å²) in [5.74, 6) is -1.19. The molecule has 0 rings (SSSR count). The Morgan fingerprint density at radius 3 is 1.52 bits per heavy atom. The van der Waals surface area contributed by atoms with Gasteiger partial charge >= 0.3 is 19.5 Å². The fourth-order valence-electron chi connectivity index (χ4n) is 0.933. The average molecular weight is 360 g/mol. The van der Waals surface area contributed by atoms with E-state index in [1.807, 2.05) is 0 Å². The maximum Gasteiger partial charge on any atom is 0.381 e. The van der Waals surface area contributed by atoms with Gasteiger partial charge in [0.25, 0.3) is 0 Å². The average Bonchev–Trinajstić information content (AvgIpc) is 2.47. The Kier molecular flexibility index (Phi) is 10.9. The first-order valence-corrected chi connectivity index (χ1v) is 8.45. The molecule has 0 aromatic rings. The summed E-state index contributed by atoms with van der Waals surface area (Å²) in [6.45, 7) is 1.54. The van der Waals surface area contributed by atoms with E-state index in [4.69, 9.17) is 10.2 Å². The van der Waals surface area contributed by atoms with E-state index in [1.165, 1.54) is 0 Å². The minimum Gasteiger partial charge on any atom is -0.463 e. The minimum atomic E-state index is -3.87. The zero-order valence-corrected chi connectivity index (χ0v) is 13.9. The second kappa shape index (κ2) is 11.5. The van der Waals surface area contributed by atoms with Gasteiger partial charge in [-0.3, -0.25) is 14.2 Å². The van der Waals surface area contributed by atoms with Gasteiger partial charge in [-0.25, -0.2) is 9.78 Å². The van der Waals surface area contributed by atoms with Crippen LogP contribution in [-0.4, -0.2) is 67.5 Å². The summed E-state index contributed by atoms with van der Waals surface area (Å²) in [6.07, 6.45) is -2.16. The highest BCUT2D eigenvalue weighted by molar-refractivity contribution is 7.52. The molecule has 0 bridgehead atoms. The van der Waals surface area contributed by atoms with Gasteiger partial charge in [0.15, 0.2) is 12.2 Å². The van der Waals surface area contributed by atoms with Crippen LogP contribution in [0.1, 0.15) is 13.8 Å². The molecule has 0 aliphatic heterocycles. The summed E-state index contributed by atoms with van der Waals surface area (Å²) < 4.78 is 30.0. The van der Waals surface area contributed by atoms with Gasteiger partial charge in [0.05, 0.1) is 13.2 Å². The van der Waals surface area contributed by atoms with Crippen LogP contribution >= 0.6 is 7.60 Å². The van der Waals surface area contributed by atoms with Crippen molar-refractivity contribution in [2.45, 2.75) is 26.1 Å². The summed E-state index contributed by atoms with van der Waals surface area (Å²) >= 11 is 0. The summed E-state index contributed by atoms with van der Waals surface area (Å²) in [7, 11) is -3.87. The topological polar surface area (TPSA) is 147 Å². The van der Waals surface area contributed by atoms with Crippen LogP contribution in [0.15, 0.2) is 0 Å². The van der Waals surface area contributed by atoms with E-state index >= 15 is 0 Å². The van der Waals surface area contributed by atoms with Crippen molar-refractivity contribution in [2.75, 3.05) is 33.1 Å². The van der Waals surface area contributed by atoms with E-state index < -0.39 is 45.0 Å². The van der Waals surface area contributed by atoms with Crippen LogP contribution in [0.25, 0.3) is 0 Å². The highest BCUT2D eigenvalue weighted by Gasteiger charge is 2.25. The molecule has 0 aliphatic rings. The van der Waals surface area contributed by atoms with Gasteiger partial charge in [-0.2, -0.15) is 0 Å². The van der Waals surface area contributed by atoms with Gasteiger partial charge in [0.1, 0.15) is 13.2 Å². The molecule has 0 aliphatic carbocycles. The molecule has 12 heteroatoms. The van der Waals surface area contributed by atoms with Crippen molar-refractivity contribution in [3.63, 3.8) is 0 Å². The molecule has 2 unspecified atom stereocenters. The number of aliphatic hydroxyl groups is 2. The van der Waals surface area contributed by atoms with Gasteiger partial charge in [0, 0.05) is 20.5 Å².